The molecule has 25 heavy (non-hydrogen) atoms. The molecular weight excluding hydrogens is 406 g/mol. The van der Waals surface area contributed by atoms with E-state index in [1.54, 1.807) is 25.3 Å². The Morgan fingerprint density at radius 3 is 2.40 bits per heavy atom. The normalized spacial score (nSPS) is 10.4. The number of aromatic nitrogens is 2. The summed E-state index contributed by atoms with van der Waals surface area (Å²) in [5.74, 6) is 1.57. The van der Waals surface area contributed by atoms with Crippen LogP contribution in [0.5, 0.6) is 5.75 Å². The fourth-order valence-corrected chi connectivity index (χ4v) is 2.75. The van der Waals surface area contributed by atoms with Crippen molar-refractivity contribution >= 4 is 56.2 Å². The molecule has 0 amide bonds. The van der Waals surface area contributed by atoms with Crippen LogP contribution in [0.3, 0.4) is 0 Å². The van der Waals surface area contributed by atoms with Crippen LogP contribution >= 0.6 is 27.5 Å². The number of nitrogens with one attached hydrogen (secondary N) is 2. The van der Waals surface area contributed by atoms with Gasteiger partial charge in [-0.25, -0.2) is 9.97 Å². The number of hydrogen-bond acceptors (Lipinski definition) is 6. The molecule has 0 aliphatic carbocycles. The van der Waals surface area contributed by atoms with Crippen LogP contribution in [0.15, 0.2) is 53.3 Å². The molecule has 0 unspecified atom stereocenters. The summed E-state index contributed by atoms with van der Waals surface area (Å²) in [6.45, 7) is 0. The molecule has 0 fully saturated rings. The number of rotatable bonds is 5. The van der Waals surface area contributed by atoms with Crippen LogP contribution in [0.25, 0.3) is 0 Å². The van der Waals surface area contributed by atoms with E-state index in [4.69, 9.17) is 22.1 Å². The summed E-state index contributed by atoms with van der Waals surface area (Å²) in [7, 11) is 1.58. The summed E-state index contributed by atoms with van der Waals surface area (Å²) >= 11 is 9.54. The number of nitrogens with zero attached hydrogens (tertiary/aromatic N) is 2. The zero-order valence-electron chi connectivity index (χ0n) is 13.3. The summed E-state index contributed by atoms with van der Waals surface area (Å²) in [4.78, 5) is 8.42. The monoisotopic (exact) mass is 419 g/mol. The minimum absolute atomic E-state index is 0.375. The van der Waals surface area contributed by atoms with Gasteiger partial charge in [0.15, 0.2) is 11.6 Å². The van der Waals surface area contributed by atoms with Crippen molar-refractivity contribution in [3.05, 3.63) is 58.3 Å². The number of methoxy groups -OCH3 is 1. The standard InChI is InChI=1S/C17H15BrClN5O/c1-25-14-7-6-10(19)8-13(14)24-17-15(20)16(21-9-22-17)23-12-5-3-2-4-11(12)18/h2-9H,20H2,1H3,(H2,21,22,23,24). The van der Waals surface area contributed by atoms with Gasteiger partial charge in [-0.15, -0.1) is 0 Å². The lowest BCUT2D eigenvalue weighted by atomic mass is 10.2. The molecule has 0 aliphatic rings. The smallest absolute Gasteiger partial charge is 0.159 e. The third-order valence-corrected chi connectivity index (χ3v) is 4.35. The van der Waals surface area contributed by atoms with Crippen molar-refractivity contribution in [3.63, 3.8) is 0 Å². The first kappa shape index (κ1) is 17.3. The Balaban J connectivity index is 1.92. The topological polar surface area (TPSA) is 85.1 Å². The van der Waals surface area contributed by atoms with Gasteiger partial charge in [0.1, 0.15) is 17.8 Å². The molecular formula is C17H15BrClN5O. The van der Waals surface area contributed by atoms with E-state index < -0.39 is 0 Å². The molecule has 0 atom stereocenters. The molecule has 128 valence electrons. The van der Waals surface area contributed by atoms with Crippen LogP contribution in [0.2, 0.25) is 5.02 Å². The first-order chi connectivity index (χ1) is 12.1. The Labute approximate surface area is 158 Å². The summed E-state index contributed by atoms with van der Waals surface area (Å²) in [5, 5.41) is 6.89. The van der Waals surface area contributed by atoms with Crippen LogP contribution in [0, 0.1) is 0 Å². The molecule has 0 saturated carbocycles. The first-order valence-electron chi connectivity index (χ1n) is 7.31. The Morgan fingerprint density at radius 1 is 1.04 bits per heavy atom. The van der Waals surface area contributed by atoms with E-state index in [0.29, 0.717) is 33.8 Å². The molecule has 6 nitrogen and oxygen atoms in total. The maximum absolute atomic E-state index is 6.22. The van der Waals surface area contributed by atoms with Gasteiger partial charge in [-0.2, -0.15) is 0 Å². The molecule has 3 aromatic rings. The molecule has 8 heteroatoms. The molecule has 0 aliphatic heterocycles. The molecule has 1 heterocycles. The lowest BCUT2D eigenvalue weighted by Gasteiger charge is -2.15. The number of nitrogen functional groups attached to an aromatic ring is 1. The molecule has 0 bridgehead atoms. The Morgan fingerprint density at radius 2 is 1.72 bits per heavy atom. The van der Waals surface area contributed by atoms with E-state index in [9.17, 15) is 0 Å². The number of hydrogen-bond donors (Lipinski definition) is 3. The van der Waals surface area contributed by atoms with Crippen molar-refractivity contribution in [2.24, 2.45) is 0 Å². The van der Waals surface area contributed by atoms with Crippen molar-refractivity contribution in [1.29, 1.82) is 0 Å². The van der Waals surface area contributed by atoms with Gasteiger partial charge in [0.25, 0.3) is 0 Å². The Bertz CT molecular complexity index is 906. The van der Waals surface area contributed by atoms with Gasteiger partial charge in [0.05, 0.1) is 18.5 Å². The fourth-order valence-electron chi connectivity index (χ4n) is 2.19. The molecule has 3 rings (SSSR count). The van der Waals surface area contributed by atoms with Gasteiger partial charge in [0.2, 0.25) is 0 Å². The predicted molar refractivity (Wildman–Crippen MR) is 105 cm³/mol. The highest BCUT2D eigenvalue weighted by atomic mass is 79.9. The first-order valence-corrected chi connectivity index (χ1v) is 8.48. The maximum atomic E-state index is 6.22. The summed E-state index contributed by atoms with van der Waals surface area (Å²) in [6.07, 6.45) is 1.43. The number of nitrogens with two attached hydrogens (primary N) is 1. The zero-order valence-corrected chi connectivity index (χ0v) is 15.6. The van der Waals surface area contributed by atoms with Crippen LogP contribution < -0.4 is 21.1 Å². The molecule has 2 aromatic carbocycles. The van der Waals surface area contributed by atoms with Crippen molar-refractivity contribution in [3.8, 4) is 5.75 Å². The molecule has 0 spiro atoms. The number of ether oxygens (including phenoxy) is 1. The van der Waals surface area contributed by atoms with Crippen LogP contribution in [0.4, 0.5) is 28.7 Å². The summed E-state index contributed by atoms with van der Waals surface area (Å²) in [5.41, 5.74) is 8.10. The van der Waals surface area contributed by atoms with E-state index in [-0.39, 0.29) is 0 Å². The number of benzene rings is 2. The van der Waals surface area contributed by atoms with Crippen molar-refractivity contribution in [2.75, 3.05) is 23.5 Å². The average molecular weight is 421 g/mol. The lowest BCUT2D eigenvalue weighted by molar-refractivity contribution is 0.417. The second-order valence-corrected chi connectivity index (χ2v) is 6.35. The van der Waals surface area contributed by atoms with E-state index in [0.717, 1.165) is 10.2 Å². The van der Waals surface area contributed by atoms with Crippen molar-refractivity contribution in [2.45, 2.75) is 0 Å². The Hall–Kier alpha value is -2.51. The highest BCUT2D eigenvalue weighted by Gasteiger charge is 2.12. The van der Waals surface area contributed by atoms with Gasteiger partial charge in [-0.05, 0) is 46.3 Å². The zero-order chi connectivity index (χ0) is 17.8. The predicted octanol–water partition coefficient (Wildman–Crippen LogP) is 4.97. The third kappa shape index (κ3) is 3.94. The summed E-state index contributed by atoms with van der Waals surface area (Å²) < 4.78 is 6.23. The number of halogens is 2. The largest absolute Gasteiger partial charge is 0.495 e. The quantitative estimate of drug-likeness (QED) is 0.540. The molecule has 0 saturated heterocycles. The van der Waals surface area contributed by atoms with E-state index in [1.807, 2.05) is 24.3 Å². The number of para-hydroxylation sites is 1. The number of anilines is 5. The van der Waals surface area contributed by atoms with Gasteiger partial charge < -0.3 is 21.1 Å². The van der Waals surface area contributed by atoms with E-state index in [2.05, 4.69) is 36.5 Å². The van der Waals surface area contributed by atoms with E-state index >= 15 is 0 Å². The highest BCUT2D eigenvalue weighted by molar-refractivity contribution is 9.10. The minimum Gasteiger partial charge on any atom is -0.495 e. The van der Waals surface area contributed by atoms with Gasteiger partial charge >= 0.3 is 0 Å². The van der Waals surface area contributed by atoms with Crippen molar-refractivity contribution < 1.29 is 4.74 Å². The van der Waals surface area contributed by atoms with Crippen LogP contribution in [-0.4, -0.2) is 17.1 Å². The third-order valence-electron chi connectivity index (χ3n) is 3.43. The van der Waals surface area contributed by atoms with Gasteiger partial charge in [0, 0.05) is 9.50 Å². The van der Waals surface area contributed by atoms with Gasteiger partial charge in [-0.3, -0.25) is 0 Å². The highest BCUT2D eigenvalue weighted by Crippen LogP contribution is 2.34. The van der Waals surface area contributed by atoms with Crippen LogP contribution in [0.1, 0.15) is 0 Å². The van der Waals surface area contributed by atoms with Gasteiger partial charge in [-0.1, -0.05) is 23.7 Å². The van der Waals surface area contributed by atoms with E-state index in [1.165, 1.54) is 6.33 Å². The molecule has 1 aromatic heterocycles. The second kappa shape index (κ2) is 7.58. The van der Waals surface area contributed by atoms with Crippen molar-refractivity contribution in [1.82, 2.24) is 9.97 Å². The maximum Gasteiger partial charge on any atom is 0.159 e. The summed E-state index contributed by atoms with van der Waals surface area (Å²) in [6, 6.07) is 12.9. The average Bonchev–Trinajstić information content (AvgIpc) is 2.60. The molecule has 0 radical (unpaired) electrons. The second-order valence-electron chi connectivity index (χ2n) is 5.06. The lowest BCUT2D eigenvalue weighted by Crippen LogP contribution is -2.06. The minimum atomic E-state index is 0.375. The SMILES string of the molecule is COc1ccc(Cl)cc1Nc1ncnc(Nc2ccccc2Br)c1N. The van der Waals surface area contributed by atoms with Crippen LogP contribution in [-0.2, 0) is 0 Å². The Kier molecular flexibility index (Phi) is 5.25. The molecule has 4 N–H and O–H groups in total. The fraction of sp³-hybridized carbons (Fsp3) is 0.0588.